The van der Waals surface area contributed by atoms with Crippen LogP contribution in [0.15, 0.2) is 20.7 Å². The van der Waals surface area contributed by atoms with Crippen LogP contribution in [0, 0.1) is 0 Å². The van der Waals surface area contributed by atoms with Gasteiger partial charge in [0.2, 0.25) is 10.0 Å². The number of aliphatic hydroxyl groups excluding tert-OH is 1. The second kappa shape index (κ2) is 5.74. The van der Waals surface area contributed by atoms with Gasteiger partial charge in [-0.2, -0.15) is 0 Å². The minimum Gasteiger partial charge on any atom is -0.391 e. The fraction of sp³-hybridized carbons (Fsp3) is 0.667. The fourth-order valence-corrected chi connectivity index (χ4v) is 3.94. The number of nitrogens with zero attached hydrogens (tertiary/aromatic N) is 2. The number of aliphatic hydroxyl groups is 1. The molecule has 1 fully saturated rings. The van der Waals surface area contributed by atoms with Crippen molar-refractivity contribution < 1.29 is 13.5 Å². The molecule has 1 aliphatic rings. The molecule has 0 aromatic carbocycles. The molecule has 0 aliphatic heterocycles. The number of nitrogens with one attached hydrogen (secondary N) is 1. The summed E-state index contributed by atoms with van der Waals surface area (Å²) in [6.07, 6.45) is 2.95. The van der Waals surface area contributed by atoms with E-state index in [0.717, 1.165) is 28.2 Å². The second-order valence-electron chi connectivity index (χ2n) is 5.33. The van der Waals surface area contributed by atoms with Crippen LogP contribution in [0.2, 0.25) is 0 Å². The highest BCUT2D eigenvalue weighted by Crippen LogP contribution is 2.19. The topological polar surface area (TPSA) is 110 Å². The highest BCUT2D eigenvalue weighted by Gasteiger charge is 2.30. The van der Waals surface area contributed by atoms with Crippen LogP contribution in [0.1, 0.15) is 25.7 Å². The molecular formula is C12H19N3O5S. The first-order valence-corrected chi connectivity index (χ1v) is 8.19. The lowest BCUT2D eigenvalue weighted by atomic mass is 9.93. The van der Waals surface area contributed by atoms with E-state index in [2.05, 4.69) is 4.72 Å². The zero-order valence-electron chi connectivity index (χ0n) is 11.9. The van der Waals surface area contributed by atoms with Crippen LogP contribution in [0.4, 0.5) is 0 Å². The molecule has 0 saturated heterocycles. The van der Waals surface area contributed by atoms with Gasteiger partial charge in [0, 0.05) is 26.3 Å². The standard InChI is InChI=1S/C12H19N3O5S/c1-14-7-10(11(17)15(2)12(14)18)21(19,20)13-8-5-3-4-6-9(8)16/h7-9,13,16H,3-6H2,1-2H3/t8-,9-/m1/s1. The van der Waals surface area contributed by atoms with Crippen molar-refractivity contribution in [2.45, 2.75) is 42.7 Å². The van der Waals surface area contributed by atoms with Gasteiger partial charge in [-0.05, 0) is 12.8 Å². The van der Waals surface area contributed by atoms with Gasteiger partial charge in [-0.15, -0.1) is 0 Å². The molecule has 9 heteroatoms. The Hall–Kier alpha value is -1.45. The maximum absolute atomic E-state index is 12.3. The molecule has 2 atom stereocenters. The van der Waals surface area contributed by atoms with E-state index in [1.807, 2.05) is 0 Å². The van der Waals surface area contributed by atoms with Crippen molar-refractivity contribution in [2.24, 2.45) is 14.1 Å². The number of hydrogen-bond donors (Lipinski definition) is 2. The first-order chi connectivity index (χ1) is 9.74. The average Bonchev–Trinajstić information content (AvgIpc) is 2.42. The number of hydrogen-bond acceptors (Lipinski definition) is 5. The summed E-state index contributed by atoms with van der Waals surface area (Å²) in [6, 6.07) is -0.606. The average molecular weight is 317 g/mol. The summed E-state index contributed by atoms with van der Waals surface area (Å²) in [5.41, 5.74) is -1.48. The third kappa shape index (κ3) is 3.09. The van der Waals surface area contributed by atoms with Crippen molar-refractivity contribution in [1.29, 1.82) is 0 Å². The van der Waals surface area contributed by atoms with E-state index in [1.54, 1.807) is 0 Å². The molecule has 118 valence electrons. The van der Waals surface area contributed by atoms with E-state index in [0.29, 0.717) is 12.8 Å². The lowest BCUT2D eigenvalue weighted by molar-refractivity contribution is 0.101. The molecule has 8 nitrogen and oxygen atoms in total. The maximum Gasteiger partial charge on any atom is 0.330 e. The van der Waals surface area contributed by atoms with Crippen molar-refractivity contribution in [3.63, 3.8) is 0 Å². The molecule has 0 radical (unpaired) electrons. The monoisotopic (exact) mass is 317 g/mol. The Morgan fingerprint density at radius 2 is 1.86 bits per heavy atom. The number of aromatic nitrogens is 2. The fourth-order valence-electron chi connectivity index (χ4n) is 2.47. The molecule has 0 unspecified atom stereocenters. The molecular weight excluding hydrogens is 298 g/mol. The third-order valence-electron chi connectivity index (χ3n) is 3.74. The summed E-state index contributed by atoms with van der Waals surface area (Å²) in [4.78, 5) is 23.1. The molecule has 0 bridgehead atoms. The van der Waals surface area contributed by atoms with Gasteiger partial charge in [-0.3, -0.25) is 9.36 Å². The molecule has 0 amide bonds. The molecule has 1 aromatic rings. The van der Waals surface area contributed by atoms with Gasteiger partial charge < -0.3 is 9.67 Å². The van der Waals surface area contributed by atoms with E-state index < -0.39 is 38.3 Å². The Labute approximate surface area is 122 Å². The summed E-state index contributed by atoms with van der Waals surface area (Å²) in [5, 5.41) is 9.84. The molecule has 2 rings (SSSR count). The van der Waals surface area contributed by atoms with Gasteiger partial charge >= 0.3 is 5.69 Å². The zero-order valence-corrected chi connectivity index (χ0v) is 12.8. The van der Waals surface area contributed by atoms with Gasteiger partial charge in [0.25, 0.3) is 5.56 Å². The van der Waals surface area contributed by atoms with Crippen molar-refractivity contribution >= 4 is 10.0 Å². The Bertz CT molecular complexity index is 749. The van der Waals surface area contributed by atoms with Gasteiger partial charge in [-0.1, -0.05) is 12.8 Å². The van der Waals surface area contributed by atoms with Crippen LogP contribution >= 0.6 is 0 Å². The predicted molar refractivity (Wildman–Crippen MR) is 75.5 cm³/mol. The summed E-state index contributed by atoms with van der Waals surface area (Å²) < 4.78 is 28.8. The molecule has 1 heterocycles. The zero-order chi connectivity index (χ0) is 15.8. The summed E-state index contributed by atoms with van der Waals surface area (Å²) in [7, 11) is -1.50. The first-order valence-electron chi connectivity index (χ1n) is 6.71. The predicted octanol–water partition coefficient (Wildman–Crippen LogP) is -1.33. The molecule has 1 saturated carbocycles. The Kier molecular flexibility index (Phi) is 4.35. The van der Waals surface area contributed by atoms with E-state index in [1.165, 1.54) is 14.1 Å². The lowest BCUT2D eigenvalue weighted by Gasteiger charge is -2.27. The quantitative estimate of drug-likeness (QED) is 0.717. The number of rotatable bonds is 3. The van der Waals surface area contributed by atoms with Crippen LogP contribution in [0.25, 0.3) is 0 Å². The van der Waals surface area contributed by atoms with Crippen LogP contribution in [-0.2, 0) is 24.1 Å². The van der Waals surface area contributed by atoms with Crippen molar-refractivity contribution in [3.8, 4) is 0 Å². The highest BCUT2D eigenvalue weighted by atomic mass is 32.2. The van der Waals surface area contributed by atoms with Gasteiger partial charge in [0.05, 0.1) is 6.10 Å². The summed E-state index contributed by atoms with van der Waals surface area (Å²) in [5.74, 6) is 0. The lowest BCUT2D eigenvalue weighted by Crippen LogP contribution is -2.48. The van der Waals surface area contributed by atoms with Gasteiger partial charge in [0.1, 0.15) is 0 Å². The maximum atomic E-state index is 12.3. The van der Waals surface area contributed by atoms with Gasteiger partial charge in [0.15, 0.2) is 4.90 Å². The van der Waals surface area contributed by atoms with Crippen molar-refractivity contribution in [3.05, 3.63) is 27.0 Å². The molecule has 21 heavy (non-hydrogen) atoms. The molecule has 1 aromatic heterocycles. The summed E-state index contributed by atoms with van der Waals surface area (Å²) in [6.45, 7) is 0. The van der Waals surface area contributed by atoms with Crippen LogP contribution in [0.3, 0.4) is 0 Å². The van der Waals surface area contributed by atoms with E-state index in [9.17, 15) is 23.1 Å². The van der Waals surface area contributed by atoms with Crippen LogP contribution in [-0.4, -0.2) is 34.8 Å². The SMILES string of the molecule is Cn1cc(S(=O)(=O)N[C@@H]2CCCC[C@H]2O)c(=O)n(C)c1=O. The number of aryl methyl sites for hydroxylation is 1. The first kappa shape index (κ1) is 15.9. The van der Waals surface area contributed by atoms with E-state index in [-0.39, 0.29) is 0 Å². The third-order valence-corrected chi connectivity index (χ3v) is 5.21. The smallest absolute Gasteiger partial charge is 0.330 e. The molecule has 1 aliphatic carbocycles. The minimum atomic E-state index is -4.09. The minimum absolute atomic E-state index is 0.495. The van der Waals surface area contributed by atoms with Crippen molar-refractivity contribution in [2.75, 3.05) is 0 Å². The van der Waals surface area contributed by atoms with Crippen LogP contribution in [0.5, 0.6) is 0 Å². The normalized spacial score (nSPS) is 23.2. The Morgan fingerprint density at radius 3 is 2.48 bits per heavy atom. The second-order valence-corrected chi connectivity index (χ2v) is 7.01. The largest absolute Gasteiger partial charge is 0.391 e. The summed E-state index contributed by atoms with van der Waals surface area (Å²) >= 11 is 0. The van der Waals surface area contributed by atoms with Gasteiger partial charge in [-0.25, -0.2) is 17.9 Å². The number of sulfonamides is 1. The highest BCUT2D eigenvalue weighted by molar-refractivity contribution is 7.89. The molecule has 0 spiro atoms. The van der Waals surface area contributed by atoms with E-state index >= 15 is 0 Å². The Balaban J connectivity index is 2.41. The van der Waals surface area contributed by atoms with E-state index in [4.69, 9.17) is 0 Å². The molecule has 2 N–H and O–H groups in total. The van der Waals surface area contributed by atoms with Crippen LogP contribution < -0.4 is 16.0 Å². The van der Waals surface area contributed by atoms with Crippen molar-refractivity contribution in [1.82, 2.24) is 13.9 Å². The Morgan fingerprint density at radius 1 is 1.24 bits per heavy atom.